The summed E-state index contributed by atoms with van der Waals surface area (Å²) in [6, 6.07) is 31.3. The molecule has 3 aromatic carbocycles. The first-order valence-corrected chi connectivity index (χ1v) is 8.77. The van der Waals surface area contributed by atoms with Gasteiger partial charge in [-0.3, -0.25) is 0 Å². The van der Waals surface area contributed by atoms with E-state index < -0.39 is 5.60 Å². The Kier molecular flexibility index (Phi) is 4.39. The van der Waals surface area contributed by atoms with Crippen molar-refractivity contribution in [3.63, 3.8) is 0 Å². The van der Waals surface area contributed by atoms with Crippen molar-refractivity contribution in [2.45, 2.75) is 24.7 Å². The first kappa shape index (κ1) is 16.1. The lowest BCUT2D eigenvalue weighted by Crippen LogP contribution is -2.34. The summed E-state index contributed by atoms with van der Waals surface area (Å²) in [7, 11) is 0. The molecule has 0 aliphatic carbocycles. The highest BCUT2D eigenvalue weighted by Gasteiger charge is 2.42. The maximum atomic E-state index is 6.66. The van der Waals surface area contributed by atoms with E-state index in [2.05, 4.69) is 79.7 Å². The summed E-state index contributed by atoms with van der Waals surface area (Å²) in [6.07, 6.45) is 0.454. The molecular weight excluding hydrogens is 308 g/mol. The van der Waals surface area contributed by atoms with E-state index in [-0.39, 0.29) is 12.2 Å². The van der Waals surface area contributed by atoms with E-state index >= 15 is 0 Å². The van der Waals surface area contributed by atoms with E-state index in [0.29, 0.717) is 6.61 Å². The van der Waals surface area contributed by atoms with E-state index in [4.69, 9.17) is 9.47 Å². The molecule has 0 aromatic heterocycles. The molecule has 2 nitrogen and oxygen atoms in total. The molecule has 1 fully saturated rings. The van der Waals surface area contributed by atoms with Gasteiger partial charge in [0.2, 0.25) is 0 Å². The topological polar surface area (TPSA) is 21.8 Å². The van der Waals surface area contributed by atoms with Gasteiger partial charge >= 0.3 is 0 Å². The van der Waals surface area contributed by atoms with Crippen LogP contribution in [0.15, 0.2) is 91.0 Å². The molecule has 1 aliphatic heterocycles. The summed E-state index contributed by atoms with van der Waals surface area (Å²) in [4.78, 5) is 0. The molecule has 0 spiro atoms. The fourth-order valence-corrected chi connectivity index (χ4v) is 3.38. The van der Waals surface area contributed by atoms with Crippen molar-refractivity contribution in [3.05, 3.63) is 108 Å². The van der Waals surface area contributed by atoms with Gasteiger partial charge in [-0.25, -0.2) is 0 Å². The standard InChI is InChI=1S/C23H22O2/c1-18-22(25-18)17-24-23(19-11-5-2-6-12-19,20-13-7-3-8-14-20)21-15-9-4-10-16-21/h2-16,18,22H,17H2,1H3/t18-,22-/m0/s1. The largest absolute Gasteiger partial charge is 0.367 e. The average molecular weight is 330 g/mol. The smallest absolute Gasteiger partial charge is 0.143 e. The number of epoxide rings is 1. The maximum absolute atomic E-state index is 6.66. The minimum absolute atomic E-state index is 0.176. The molecule has 0 unspecified atom stereocenters. The van der Waals surface area contributed by atoms with Gasteiger partial charge in [0, 0.05) is 0 Å². The summed E-state index contributed by atoms with van der Waals surface area (Å²) in [5, 5.41) is 0. The molecule has 25 heavy (non-hydrogen) atoms. The lowest BCUT2D eigenvalue weighted by molar-refractivity contribution is 0.00428. The van der Waals surface area contributed by atoms with Gasteiger partial charge in [-0.1, -0.05) is 91.0 Å². The van der Waals surface area contributed by atoms with E-state index in [1.54, 1.807) is 0 Å². The molecule has 4 rings (SSSR count). The molecule has 0 N–H and O–H groups in total. The molecule has 3 aromatic rings. The van der Waals surface area contributed by atoms with Crippen LogP contribution in [0.5, 0.6) is 0 Å². The predicted octanol–water partition coefficient (Wildman–Crippen LogP) is 4.78. The Balaban J connectivity index is 1.87. The quantitative estimate of drug-likeness (QED) is 0.479. The first-order valence-electron chi connectivity index (χ1n) is 8.77. The van der Waals surface area contributed by atoms with Gasteiger partial charge in [0.25, 0.3) is 0 Å². The van der Waals surface area contributed by atoms with Crippen LogP contribution >= 0.6 is 0 Å². The summed E-state index contributed by atoms with van der Waals surface area (Å²) in [5.74, 6) is 0. The van der Waals surface area contributed by atoms with Gasteiger partial charge in [0.05, 0.1) is 12.7 Å². The van der Waals surface area contributed by atoms with Gasteiger partial charge in [-0.2, -0.15) is 0 Å². The third-order valence-corrected chi connectivity index (χ3v) is 4.84. The van der Waals surface area contributed by atoms with Crippen LogP contribution in [-0.2, 0) is 15.1 Å². The van der Waals surface area contributed by atoms with Crippen LogP contribution in [0.1, 0.15) is 23.6 Å². The lowest BCUT2D eigenvalue weighted by atomic mass is 9.80. The third kappa shape index (κ3) is 3.11. The Hall–Kier alpha value is -2.42. The van der Waals surface area contributed by atoms with Crippen molar-refractivity contribution in [1.82, 2.24) is 0 Å². The molecule has 126 valence electrons. The van der Waals surface area contributed by atoms with E-state index in [1.807, 2.05) is 18.2 Å². The molecule has 0 amide bonds. The Bertz CT molecular complexity index is 703. The highest BCUT2D eigenvalue weighted by Crippen LogP contribution is 2.41. The monoisotopic (exact) mass is 330 g/mol. The van der Waals surface area contributed by atoms with Gasteiger partial charge in [0.15, 0.2) is 0 Å². The van der Waals surface area contributed by atoms with Gasteiger partial charge in [0.1, 0.15) is 11.7 Å². The number of rotatable bonds is 6. The van der Waals surface area contributed by atoms with Crippen molar-refractivity contribution in [2.75, 3.05) is 6.61 Å². The van der Waals surface area contributed by atoms with Crippen LogP contribution in [-0.4, -0.2) is 18.8 Å². The molecule has 2 atom stereocenters. The lowest BCUT2D eigenvalue weighted by Gasteiger charge is -2.35. The second-order valence-electron chi connectivity index (χ2n) is 6.47. The third-order valence-electron chi connectivity index (χ3n) is 4.84. The molecule has 0 saturated carbocycles. The summed E-state index contributed by atoms with van der Waals surface area (Å²) >= 11 is 0. The minimum atomic E-state index is -0.643. The number of benzene rings is 3. The fourth-order valence-electron chi connectivity index (χ4n) is 3.38. The van der Waals surface area contributed by atoms with Crippen molar-refractivity contribution < 1.29 is 9.47 Å². The molecule has 0 radical (unpaired) electrons. The van der Waals surface area contributed by atoms with Crippen LogP contribution < -0.4 is 0 Å². The van der Waals surface area contributed by atoms with Crippen LogP contribution in [0, 0.1) is 0 Å². The van der Waals surface area contributed by atoms with Crippen LogP contribution in [0.25, 0.3) is 0 Å². The highest BCUT2D eigenvalue weighted by molar-refractivity contribution is 5.47. The van der Waals surface area contributed by atoms with Crippen molar-refractivity contribution >= 4 is 0 Å². The van der Waals surface area contributed by atoms with E-state index in [1.165, 1.54) is 0 Å². The molecular formula is C23H22O2. The summed E-state index contributed by atoms with van der Waals surface area (Å²) < 4.78 is 12.3. The number of ether oxygens (including phenoxy) is 2. The predicted molar refractivity (Wildman–Crippen MR) is 99.5 cm³/mol. The van der Waals surface area contributed by atoms with Crippen LogP contribution in [0.2, 0.25) is 0 Å². The zero-order valence-electron chi connectivity index (χ0n) is 14.3. The van der Waals surface area contributed by atoms with Gasteiger partial charge < -0.3 is 9.47 Å². The van der Waals surface area contributed by atoms with Gasteiger partial charge in [-0.15, -0.1) is 0 Å². The zero-order chi connectivity index (χ0) is 17.1. The minimum Gasteiger partial charge on any atom is -0.367 e. The highest BCUT2D eigenvalue weighted by atomic mass is 16.6. The Morgan fingerprint density at radius 2 is 1.08 bits per heavy atom. The van der Waals surface area contributed by atoms with Crippen molar-refractivity contribution in [2.24, 2.45) is 0 Å². The van der Waals surface area contributed by atoms with E-state index in [0.717, 1.165) is 16.7 Å². The van der Waals surface area contributed by atoms with E-state index in [9.17, 15) is 0 Å². The zero-order valence-corrected chi connectivity index (χ0v) is 14.3. The molecule has 0 bridgehead atoms. The normalized spacial score (nSPS) is 19.6. The fraction of sp³-hybridized carbons (Fsp3) is 0.217. The Labute approximate surface area is 149 Å². The SMILES string of the molecule is C[C@@H]1O[C@H]1COC(c1ccccc1)(c1ccccc1)c1ccccc1. The molecule has 2 heteroatoms. The second kappa shape index (κ2) is 6.83. The molecule has 1 saturated heterocycles. The second-order valence-corrected chi connectivity index (χ2v) is 6.47. The van der Waals surface area contributed by atoms with Crippen molar-refractivity contribution in [3.8, 4) is 0 Å². The first-order chi connectivity index (χ1) is 12.3. The number of hydrogen-bond acceptors (Lipinski definition) is 2. The van der Waals surface area contributed by atoms with Crippen molar-refractivity contribution in [1.29, 1.82) is 0 Å². The Morgan fingerprint density at radius 1 is 0.720 bits per heavy atom. The summed E-state index contributed by atoms with van der Waals surface area (Å²) in [6.45, 7) is 2.66. The summed E-state index contributed by atoms with van der Waals surface area (Å²) in [5.41, 5.74) is 2.73. The molecule has 1 aliphatic rings. The average Bonchev–Trinajstić information content (AvgIpc) is 3.40. The van der Waals surface area contributed by atoms with Crippen LogP contribution in [0.4, 0.5) is 0 Å². The number of hydrogen-bond donors (Lipinski definition) is 0. The maximum Gasteiger partial charge on any atom is 0.143 e. The van der Waals surface area contributed by atoms with Gasteiger partial charge in [-0.05, 0) is 23.6 Å². The van der Waals surface area contributed by atoms with Crippen LogP contribution in [0.3, 0.4) is 0 Å². The molecule has 1 heterocycles. The Morgan fingerprint density at radius 3 is 1.40 bits per heavy atom.